The summed E-state index contributed by atoms with van der Waals surface area (Å²) in [7, 11) is -3.59. The molecule has 0 amide bonds. The van der Waals surface area contributed by atoms with E-state index in [0.717, 1.165) is 29.6 Å². The van der Waals surface area contributed by atoms with Gasteiger partial charge in [-0.2, -0.15) is 0 Å². The minimum Gasteiger partial charge on any atom is -0.264 e. The monoisotopic (exact) mass is 336 g/mol. The van der Waals surface area contributed by atoms with E-state index in [-0.39, 0.29) is 17.6 Å². The van der Waals surface area contributed by atoms with Crippen LogP contribution in [-0.2, 0) is 16.6 Å². The van der Waals surface area contributed by atoms with Crippen molar-refractivity contribution >= 4 is 26.7 Å². The molecule has 1 unspecified atom stereocenters. The molecule has 0 radical (unpaired) electrons. The highest BCUT2D eigenvalue weighted by Crippen LogP contribution is 2.31. The van der Waals surface area contributed by atoms with Crippen molar-refractivity contribution in [2.24, 2.45) is 4.99 Å². The first-order chi connectivity index (χ1) is 10.5. The van der Waals surface area contributed by atoms with Gasteiger partial charge in [-0.05, 0) is 48.6 Å². The SMILES string of the molecule is CC1=C2CC=CCC2N=C1S(=O)(=O)NCc1ccc(Cl)cc1. The van der Waals surface area contributed by atoms with Gasteiger partial charge < -0.3 is 0 Å². The van der Waals surface area contributed by atoms with Crippen LogP contribution in [0.15, 0.2) is 52.6 Å². The van der Waals surface area contributed by atoms with Gasteiger partial charge in [-0.3, -0.25) is 4.99 Å². The Kier molecular flexibility index (Phi) is 4.21. The van der Waals surface area contributed by atoms with E-state index in [4.69, 9.17) is 11.6 Å². The summed E-state index contributed by atoms with van der Waals surface area (Å²) in [6, 6.07) is 7.08. The fourth-order valence-corrected chi connectivity index (χ4v) is 4.16. The Morgan fingerprint density at radius 3 is 2.68 bits per heavy atom. The second-order valence-corrected chi connectivity index (χ2v) is 7.58. The number of hydrogen-bond donors (Lipinski definition) is 1. The van der Waals surface area contributed by atoms with E-state index >= 15 is 0 Å². The predicted octanol–water partition coefficient (Wildman–Crippen LogP) is 3.21. The Hall–Kier alpha value is -1.43. The van der Waals surface area contributed by atoms with Crippen LogP contribution in [0, 0.1) is 0 Å². The van der Waals surface area contributed by atoms with Crippen molar-refractivity contribution in [3.05, 3.63) is 58.1 Å². The molecule has 116 valence electrons. The molecule has 22 heavy (non-hydrogen) atoms. The van der Waals surface area contributed by atoms with Crippen LogP contribution in [0.4, 0.5) is 0 Å². The van der Waals surface area contributed by atoms with Crippen molar-refractivity contribution < 1.29 is 8.42 Å². The molecule has 6 heteroatoms. The number of aliphatic imine (C=N–C) groups is 1. The summed E-state index contributed by atoms with van der Waals surface area (Å²) >= 11 is 5.82. The van der Waals surface area contributed by atoms with Gasteiger partial charge in [0.1, 0.15) is 0 Å². The van der Waals surface area contributed by atoms with E-state index in [9.17, 15) is 8.42 Å². The van der Waals surface area contributed by atoms with Crippen molar-refractivity contribution in [1.82, 2.24) is 4.72 Å². The van der Waals surface area contributed by atoms with E-state index < -0.39 is 10.0 Å². The summed E-state index contributed by atoms with van der Waals surface area (Å²) in [6.07, 6.45) is 5.70. The molecule has 1 aromatic rings. The molecule has 0 saturated heterocycles. The van der Waals surface area contributed by atoms with Crippen molar-refractivity contribution in [1.29, 1.82) is 0 Å². The molecule has 1 atom stereocenters. The normalized spacial score (nSPS) is 21.0. The van der Waals surface area contributed by atoms with Crippen LogP contribution in [0.5, 0.6) is 0 Å². The average molecular weight is 337 g/mol. The van der Waals surface area contributed by atoms with Crippen LogP contribution in [0.2, 0.25) is 5.02 Å². The van der Waals surface area contributed by atoms with Crippen LogP contribution in [0.1, 0.15) is 25.3 Å². The molecular formula is C16H17ClN2O2S. The van der Waals surface area contributed by atoms with Crippen LogP contribution in [0.3, 0.4) is 0 Å². The maximum Gasteiger partial charge on any atom is 0.258 e. The van der Waals surface area contributed by atoms with Gasteiger partial charge in [-0.1, -0.05) is 35.9 Å². The lowest BCUT2D eigenvalue weighted by Crippen LogP contribution is -2.30. The van der Waals surface area contributed by atoms with Gasteiger partial charge in [0.15, 0.2) is 5.04 Å². The Morgan fingerprint density at radius 2 is 2.00 bits per heavy atom. The Morgan fingerprint density at radius 1 is 1.27 bits per heavy atom. The molecular weight excluding hydrogens is 320 g/mol. The molecule has 0 bridgehead atoms. The van der Waals surface area contributed by atoms with Gasteiger partial charge in [0, 0.05) is 11.6 Å². The highest BCUT2D eigenvalue weighted by molar-refractivity contribution is 8.05. The fraction of sp³-hybridized carbons (Fsp3) is 0.312. The van der Waals surface area contributed by atoms with Crippen LogP contribution < -0.4 is 4.72 Å². The largest absolute Gasteiger partial charge is 0.264 e. The Balaban J connectivity index is 1.76. The van der Waals surface area contributed by atoms with Crippen molar-refractivity contribution in [2.75, 3.05) is 0 Å². The van der Waals surface area contributed by atoms with Gasteiger partial charge in [0.25, 0.3) is 10.0 Å². The summed E-state index contributed by atoms with van der Waals surface area (Å²) in [6.45, 7) is 2.07. The highest BCUT2D eigenvalue weighted by Gasteiger charge is 2.32. The number of benzene rings is 1. The number of allylic oxidation sites excluding steroid dienone is 1. The topological polar surface area (TPSA) is 58.5 Å². The molecule has 4 nitrogen and oxygen atoms in total. The third-order valence-corrected chi connectivity index (χ3v) is 5.67. The minimum absolute atomic E-state index is 0.00731. The lowest BCUT2D eigenvalue weighted by Gasteiger charge is -2.13. The highest BCUT2D eigenvalue weighted by atomic mass is 35.5. The second kappa shape index (κ2) is 5.99. The number of halogens is 1. The van der Waals surface area contributed by atoms with Gasteiger partial charge in [0.05, 0.1) is 6.04 Å². The second-order valence-electron chi connectivity index (χ2n) is 5.46. The third kappa shape index (κ3) is 3.02. The molecule has 1 aliphatic heterocycles. The number of rotatable bonds is 3. The molecule has 1 N–H and O–H groups in total. The number of nitrogens with zero attached hydrogens (tertiary/aromatic N) is 1. The summed E-state index contributed by atoms with van der Waals surface area (Å²) in [5.74, 6) is 0. The van der Waals surface area contributed by atoms with Gasteiger partial charge in [-0.15, -0.1) is 0 Å². The lowest BCUT2D eigenvalue weighted by molar-refractivity contribution is 0.593. The minimum atomic E-state index is -3.59. The van der Waals surface area contributed by atoms with E-state index in [1.54, 1.807) is 24.3 Å². The molecule has 1 heterocycles. The molecule has 2 aliphatic rings. The third-order valence-electron chi connectivity index (χ3n) is 3.98. The molecule has 1 aromatic carbocycles. The zero-order valence-corrected chi connectivity index (χ0v) is 13.8. The van der Waals surface area contributed by atoms with Crippen LogP contribution in [0.25, 0.3) is 0 Å². The number of sulfonamides is 1. The van der Waals surface area contributed by atoms with Gasteiger partial charge >= 0.3 is 0 Å². The number of fused-ring (bicyclic) bond motifs is 1. The zero-order valence-electron chi connectivity index (χ0n) is 12.2. The van der Waals surface area contributed by atoms with E-state index in [1.165, 1.54) is 0 Å². The maximum atomic E-state index is 12.5. The average Bonchev–Trinajstić information content (AvgIpc) is 2.85. The van der Waals surface area contributed by atoms with Crippen molar-refractivity contribution in [2.45, 2.75) is 32.4 Å². The maximum absolute atomic E-state index is 12.5. The Labute approximate surface area is 135 Å². The first-order valence-corrected chi connectivity index (χ1v) is 9.00. The molecule has 3 rings (SSSR count). The van der Waals surface area contributed by atoms with E-state index in [2.05, 4.69) is 21.9 Å². The lowest BCUT2D eigenvalue weighted by atomic mass is 9.95. The van der Waals surface area contributed by atoms with E-state index in [1.807, 2.05) is 6.92 Å². The Bertz CT molecular complexity index is 777. The van der Waals surface area contributed by atoms with Gasteiger partial charge in [-0.25, -0.2) is 13.1 Å². The first kappa shape index (κ1) is 15.5. The standard InChI is InChI=1S/C16H17ClN2O2S/c1-11-14-4-2-3-5-15(14)19-16(11)22(20,21)18-10-12-6-8-13(17)9-7-12/h2-3,6-9,15,18H,4-5,10H2,1H3. The van der Waals surface area contributed by atoms with E-state index in [0.29, 0.717) is 5.02 Å². The number of nitrogens with one attached hydrogen (secondary N) is 1. The molecule has 0 spiro atoms. The molecule has 0 saturated carbocycles. The number of hydrogen-bond acceptors (Lipinski definition) is 3. The molecule has 1 aliphatic carbocycles. The fourth-order valence-electron chi connectivity index (χ4n) is 2.74. The summed E-state index contributed by atoms with van der Waals surface area (Å²) in [5, 5.41) is 0.814. The van der Waals surface area contributed by atoms with Crippen molar-refractivity contribution in [3.8, 4) is 0 Å². The summed E-state index contributed by atoms with van der Waals surface area (Å²) < 4.78 is 27.6. The van der Waals surface area contributed by atoms with Crippen molar-refractivity contribution in [3.63, 3.8) is 0 Å². The molecule has 0 aromatic heterocycles. The summed E-state index contributed by atoms with van der Waals surface area (Å²) in [4.78, 5) is 4.41. The first-order valence-electron chi connectivity index (χ1n) is 7.14. The molecule has 0 fully saturated rings. The zero-order chi connectivity index (χ0) is 15.7. The predicted molar refractivity (Wildman–Crippen MR) is 89.5 cm³/mol. The van der Waals surface area contributed by atoms with Crippen LogP contribution >= 0.6 is 11.6 Å². The van der Waals surface area contributed by atoms with Gasteiger partial charge in [0.2, 0.25) is 0 Å². The smallest absolute Gasteiger partial charge is 0.258 e. The quantitative estimate of drug-likeness (QED) is 0.862. The summed E-state index contributed by atoms with van der Waals surface area (Å²) in [5.41, 5.74) is 2.77. The van der Waals surface area contributed by atoms with Crippen LogP contribution in [-0.4, -0.2) is 19.5 Å².